The summed E-state index contributed by atoms with van der Waals surface area (Å²) in [5.74, 6) is -0.736. The highest BCUT2D eigenvalue weighted by atomic mass is 35.5. The Balaban J connectivity index is 2.30. The average Bonchev–Trinajstić information content (AvgIpc) is 2.91. The summed E-state index contributed by atoms with van der Waals surface area (Å²) >= 11 is 6.45. The van der Waals surface area contributed by atoms with Gasteiger partial charge >= 0.3 is 5.97 Å². The number of unbranched alkanes of at least 4 members (excludes halogenated alkanes) is 3. The van der Waals surface area contributed by atoms with Crippen LogP contribution < -0.4 is 0 Å². The summed E-state index contributed by atoms with van der Waals surface area (Å²) in [6.07, 6.45) is 15.7. The number of allylic oxidation sites excluding steroid dienone is 1. The molecule has 1 saturated heterocycles. The van der Waals surface area contributed by atoms with Crippen LogP contribution in [0.3, 0.4) is 0 Å². The van der Waals surface area contributed by atoms with Crippen molar-refractivity contribution in [2.45, 2.75) is 82.2 Å². The number of hydrogen-bond acceptors (Lipinski definition) is 3. The van der Waals surface area contributed by atoms with Gasteiger partial charge in [-0.3, -0.25) is 9.69 Å². The van der Waals surface area contributed by atoms with Gasteiger partial charge in [0.15, 0.2) is 0 Å². The van der Waals surface area contributed by atoms with Crippen LogP contribution in [0.4, 0.5) is 0 Å². The molecule has 1 aliphatic heterocycles. The molecule has 5 heteroatoms. The number of carboxylic acid groups (broad SMARTS) is 1. The molecule has 0 aromatic heterocycles. The number of likely N-dealkylation sites (tertiary alicyclic amines) is 1. The molecule has 3 atom stereocenters. The van der Waals surface area contributed by atoms with Crippen LogP contribution in [0.15, 0.2) is 24.3 Å². The lowest BCUT2D eigenvalue weighted by molar-refractivity contribution is -0.137. The van der Waals surface area contributed by atoms with E-state index in [-0.39, 0.29) is 17.9 Å². The number of aliphatic carboxylic acids is 1. The second-order valence-corrected chi connectivity index (χ2v) is 7.41. The molecule has 144 valence electrons. The topological polar surface area (TPSA) is 60.8 Å². The lowest BCUT2D eigenvalue weighted by Crippen LogP contribution is -2.33. The number of carboxylic acids is 1. The summed E-state index contributed by atoms with van der Waals surface area (Å²) in [5, 5.41) is 18.7. The van der Waals surface area contributed by atoms with Gasteiger partial charge in [-0.25, -0.2) is 0 Å². The highest BCUT2D eigenvalue weighted by molar-refractivity contribution is 6.21. The first-order valence-corrected chi connectivity index (χ1v) is 10.1. The van der Waals surface area contributed by atoms with Crippen molar-refractivity contribution in [3.63, 3.8) is 0 Å². The molecule has 1 heterocycles. The molecule has 0 amide bonds. The molecule has 3 unspecified atom stereocenters. The van der Waals surface area contributed by atoms with Crippen LogP contribution in [0.2, 0.25) is 0 Å². The lowest BCUT2D eigenvalue weighted by Gasteiger charge is -2.23. The van der Waals surface area contributed by atoms with E-state index >= 15 is 0 Å². The third-order valence-corrected chi connectivity index (χ3v) is 5.19. The van der Waals surface area contributed by atoms with Gasteiger partial charge in [-0.2, -0.15) is 0 Å². The third kappa shape index (κ3) is 10.0. The molecule has 25 heavy (non-hydrogen) atoms. The molecule has 1 rings (SSSR count). The first-order chi connectivity index (χ1) is 12.0. The number of aliphatic hydroxyl groups excluding tert-OH is 1. The molecule has 0 aromatic rings. The van der Waals surface area contributed by atoms with Gasteiger partial charge in [0.1, 0.15) is 0 Å². The molecule has 2 N–H and O–H groups in total. The summed E-state index contributed by atoms with van der Waals surface area (Å²) in [6, 6.07) is 0.319. The monoisotopic (exact) mass is 371 g/mol. The van der Waals surface area contributed by atoms with Crippen molar-refractivity contribution < 1.29 is 15.0 Å². The van der Waals surface area contributed by atoms with Gasteiger partial charge in [0.05, 0.1) is 11.5 Å². The molecular weight excluding hydrogens is 338 g/mol. The summed E-state index contributed by atoms with van der Waals surface area (Å²) in [6.45, 7) is 3.98. The molecule has 0 aromatic carbocycles. The Hall–Kier alpha value is -0.840. The maximum Gasteiger partial charge on any atom is 0.303 e. The van der Waals surface area contributed by atoms with E-state index < -0.39 is 5.97 Å². The van der Waals surface area contributed by atoms with Crippen molar-refractivity contribution in [2.75, 3.05) is 13.1 Å². The smallest absolute Gasteiger partial charge is 0.303 e. The van der Waals surface area contributed by atoms with Gasteiger partial charge in [-0.05, 0) is 32.1 Å². The number of nitrogens with zero attached hydrogens (tertiary/aromatic N) is 1. The average molecular weight is 372 g/mol. The van der Waals surface area contributed by atoms with E-state index in [2.05, 4.69) is 30.1 Å². The Morgan fingerprint density at radius 1 is 1.28 bits per heavy atom. The summed E-state index contributed by atoms with van der Waals surface area (Å²) in [5.41, 5.74) is 0. The van der Waals surface area contributed by atoms with Crippen molar-refractivity contribution >= 4 is 17.6 Å². The largest absolute Gasteiger partial charge is 0.481 e. The minimum absolute atomic E-state index is 0.159. The zero-order valence-corrected chi connectivity index (χ0v) is 16.2. The molecule has 0 saturated carbocycles. The van der Waals surface area contributed by atoms with Gasteiger partial charge in [-0.15, -0.1) is 11.6 Å². The van der Waals surface area contributed by atoms with E-state index in [0.717, 1.165) is 45.2 Å². The molecule has 1 aliphatic rings. The molecule has 0 spiro atoms. The van der Waals surface area contributed by atoms with E-state index in [1.807, 2.05) is 6.08 Å². The number of hydrogen-bond donors (Lipinski definition) is 2. The van der Waals surface area contributed by atoms with Crippen LogP contribution in [0.1, 0.15) is 64.7 Å². The van der Waals surface area contributed by atoms with Crippen molar-refractivity contribution in [3.8, 4) is 0 Å². The summed E-state index contributed by atoms with van der Waals surface area (Å²) in [4.78, 5) is 12.8. The highest BCUT2D eigenvalue weighted by Gasteiger charge is 2.30. The quantitative estimate of drug-likeness (QED) is 0.287. The number of rotatable bonds is 13. The normalized spacial score (nSPS) is 23.0. The molecule has 0 radical (unpaired) electrons. The van der Waals surface area contributed by atoms with Crippen LogP contribution in [0.5, 0.6) is 0 Å². The predicted molar refractivity (Wildman–Crippen MR) is 104 cm³/mol. The van der Waals surface area contributed by atoms with E-state index in [9.17, 15) is 9.90 Å². The lowest BCUT2D eigenvalue weighted by atomic mass is 10.1. The van der Waals surface area contributed by atoms with E-state index in [0.29, 0.717) is 12.5 Å². The first kappa shape index (κ1) is 22.2. The van der Waals surface area contributed by atoms with Crippen LogP contribution >= 0.6 is 11.6 Å². The third-order valence-electron chi connectivity index (χ3n) is 4.69. The van der Waals surface area contributed by atoms with Gasteiger partial charge in [0, 0.05) is 25.6 Å². The highest BCUT2D eigenvalue weighted by Crippen LogP contribution is 2.25. The fourth-order valence-corrected chi connectivity index (χ4v) is 3.54. The van der Waals surface area contributed by atoms with Crippen LogP contribution in [0.25, 0.3) is 0 Å². The van der Waals surface area contributed by atoms with E-state index in [1.165, 1.54) is 12.8 Å². The van der Waals surface area contributed by atoms with Crippen molar-refractivity contribution in [1.29, 1.82) is 0 Å². The standard InChI is InChI=1S/C20H34ClNO3/c1-2-3-6-10-17(23)11-9-15-22-16-14-18(21)19(22)12-7-4-5-8-13-20(24)25/h4,7,9,11,17-19,23H,2-3,5-6,8,10,12-16H2,1H3,(H,24,25). The summed E-state index contributed by atoms with van der Waals surface area (Å²) in [7, 11) is 0. The minimum atomic E-state index is -0.736. The van der Waals surface area contributed by atoms with Crippen LogP contribution in [-0.4, -0.2) is 51.7 Å². The first-order valence-electron chi connectivity index (χ1n) is 9.64. The fourth-order valence-electron chi connectivity index (χ4n) is 3.18. The van der Waals surface area contributed by atoms with Gasteiger partial charge in [0.25, 0.3) is 0 Å². The molecule has 1 fully saturated rings. The van der Waals surface area contributed by atoms with Gasteiger partial charge in [0.2, 0.25) is 0 Å². The van der Waals surface area contributed by atoms with Crippen molar-refractivity contribution in [3.05, 3.63) is 24.3 Å². The number of alkyl halides is 1. The fraction of sp³-hybridized carbons (Fsp3) is 0.750. The Bertz CT molecular complexity index is 425. The Morgan fingerprint density at radius 3 is 2.80 bits per heavy atom. The molecular formula is C20H34ClNO3. The molecule has 0 bridgehead atoms. The van der Waals surface area contributed by atoms with E-state index in [4.69, 9.17) is 16.7 Å². The number of halogens is 1. The van der Waals surface area contributed by atoms with Crippen LogP contribution in [-0.2, 0) is 4.79 Å². The van der Waals surface area contributed by atoms with Crippen molar-refractivity contribution in [2.24, 2.45) is 0 Å². The van der Waals surface area contributed by atoms with Gasteiger partial charge < -0.3 is 10.2 Å². The molecule has 4 nitrogen and oxygen atoms in total. The maximum atomic E-state index is 10.5. The predicted octanol–water partition coefficient (Wildman–Crippen LogP) is 4.37. The van der Waals surface area contributed by atoms with E-state index in [1.54, 1.807) is 0 Å². The Morgan fingerprint density at radius 2 is 2.08 bits per heavy atom. The SMILES string of the molecule is CCCCCC(O)C=CCN1CCC(Cl)C1CC=CCCCC(=O)O. The van der Waals surface area contributed by atoms with Gasteiger partial charge in [-0.1, -0.05) is 50.5 Å². The number of carbonyl (C=O) groups is 1. The molecule has 0 aliphatic carbocycles. The van der Waals surface area contributed by atoms with Crippen molar-refractivity contribution in [1.82, 2.24) is 4.90 Å². The minimum Gasteiger partial charge on any atom is -0.481 e. The maximum absolute atomic E-state index is 10.5. The summed E-state index contributed by atoms with van der Waals surface area (Å²) < 4.78 is 0. The zero-order valence-electron chi connectivity index (χ0n) is 15.4. The number of aliphatic hydroxyl groups is 1. The van der Waals surface area contributed by atoms with Crippen LogP contribution in [0, 0.1) is 0 Å². The second kappa shape index (κ2) is 13.4. The second-order valence-electron chi connectivity index (χ2n) is 6.85. The Labute approximate surface area is 157 Å². The Kier molecular flexibility index (Phi) is 11.9. The zero-order chi connectivity index (χ0) is 18.5.